The molecular weight excluding hydrogens is 511 g/mol. The lowest BCUT2D eigenvalue weighted by molar-refractivity contribution is 0.645. The van der Waals surface area contributed by atoms with E-state index in [9.17, 15) is 0 Å². The van der Waals surface area contributed by atoms with Gasteiger partial charge in [-0.15, -0.1) is 24.0 Å². The summed E-state index contributed by atoms with van der Waals surface area (Å²) in [4.78, 5) is 13.1. The Kier molecular flexibility index (Phi) is 7.36. The van der Waals surface area contributed by atoms with Gasteiger partial charge in [0.2, 0.25) is 0 Å². The number of rotatable bonds is 6. The maximum atomic E-state index is 6.17. The second kappa shape index (κ2) is 9.78. The molecule has 0 bridgehead atoms. The first kappa shape index (κ1) is 22.6. The fraction of sp³-hybridized carbons (Fsp3) is 0.318. The Morgan fingerprint density at radius 1 is 1.20 bits per heavy atom. The first-order valence-electron chi connectivity index (χ1n) is 9.75. The molecule has 0 radical (unpaired) electrons. The lowest BCUT2D eigenvalue weighted by Crippen LogP contribution is -2.40. The number of nitrogens with one attached hydrogen (secondary N) is 2. The maximum absolute atomic E-state index is 6.17. The maximum Gasteiger partial charge on any atom is 0.191 e. The number of aliphatic imine (C=N–C) groups is 1. The molecule has 1 aliphatic carbocycles. The molecule has 0 unspecified atom stereocenters. The van der Waals surface area contributed by atoms with E-state index < -0.39 is 0 Å². The highest BCUT2D eigenvalue weighted by Gasteiger charge is 2.44. The van der Waals surface area contributed by atoms with Gasteiger partial charge in [-0.25, -0.2) is 9.97 Å². The highest BCUT2D eigenvalue weighted by atomic mass is 127. The Labute approximate surface area is 199 Å². The minimum atomic E-state index is 0. The van der Waals surface area contributed by atoms with Crippen LogP contribution in [0.5, 0.6) is 0 Å². The second-order valence-electron chi connectivity index (χ2n) is 7.44. The van der Waals surface area contributed by atoms with Gasteiger partial charge in [0.1, 0.15) is 11.6 Å². The number of hydrogen-bond donors (Lipinski definition) is 2. The van der Waals surface area contributed by atoms with Crippen LogP contribution < -0.4 is 10.6 Å². The van der Waals surface area contributed by atoms with Gasteiger partial charge in [-0.3, -0.25) is 9.56 Å². The minimum absolute atomic E-state index is 0. The van der Waals surface area contributed by atoms with E-state index >= 15 is 0 Å². The number of benzene rings is 1. The van der Waals surface area contributed by atoms with Crippen molar-refractivity contribution in [1.82, 2.24) is 25.2 Å². The third-order valence-electron chi connectivity index (χ3n) is 5.45. The normalized spacial score (nSPS) is 14.7. The Hall–Kier alpha value is -2.13. The summed E-state index contributed by atoms with van der Waals surface area (Å²) >= 11 is 6.17. The number of halogens is 2. The molecule has 0 saturated heterocycles. The van der Waals surface area contributed by atoms with Crippen molar-refractivity contribution in [1.29, 1.82) is 0 Å². The van der Waals surface area contributed by atoms with E-state index in [0.29, 0.717) is 6.54 Å². The van der Waals surface area contributed by atoms with E-state index in [1.165, 1.54) is 5.56 Å². The van der Waals surface area contributed by atoms with Gasteiger partial charge in [0.05, 0.1) is 0 Å². The molecular formula is C22H26ClIN6. The van der Waals surface area contributed by atoms with Crippen LogP contribution in [0.15, 0.2) is 60.0 Å². The van der Waals surface area contributed by atoms with Gasteiger partial charge in [-0.05, 0) is 49.1 Å². The van der Waals surface area contributed by atoms with Gasteiger partial charge in [0.15, 0.2) is 5.96 Å². The predicted octanol–water partition coefficient (Wildman–Crippen LogP) is 4.24. The van der Waals surface area contributed by atoms with E-state index in [1.54, 1.807) is 13.2 Å². The largest absolute Gasteiger partial charge is 0.356 e. The van der Waals surface area contributed by atoms with E-state index in [1.807, 2.05) is 42.1 Å². The van der Waals surface area contributed by atoms with Crippen molar-refractivity contribution < 1.29 is 0 Å². The molecule has 4 rings (SSSR count). The van der Waals surface area contributed by atoms with Crippen LogP contribution in [0, 0.1) is 6.92 Å². The third kappa shape index (κ3) is 5.13. The molecule has 30 heavy (non-hydrogen) atoms. The summed E-state index contributed by atoms with van der Waals surface area (Å²) in [7, 11) is 1.79. The SMILES string of the molecule is CN=C(NCc1ccc(-n2ccnc2C)nc1)NCC1(c2cccc(Cl)c2)CC1.I. The number of imidazole rings is 1. The average Bonchev–Trinajstić information content (AvgIpc) is 3.42. The smallest absolute Gasteiger partial charge is 0.191 e. The van der Waals surface area contributed by atoms with Crippen molar-refractivity contribution in [3.63, 3.8) is 0 Å². The summed E-state index contributed by atoms with van der Waals surface area (Å²) in [6.45, 7) is 3.45. The number of pyridine rings is 1. The van der Waals surface area contributed by atoms with E-state index in [2.05, 4.69) is 43.8 Å². The Morgan fingerprint density at radius 2 is 2.03 bits per heavy atom. The number of aryl methyl sites for hydroxylation is 1. The van der Waals surface area contributed by atoms with Crippen molar-refractivity contribution in [3.8, 4) is 5.82 Å². The van der Waals surface area contributed by atoms with E-state index in [-0.39, 0.29) is 29.4 Å². The Morgan fingerprint density at radius 3 is 2.63 bits per heavy atom. The number of hydrogen-bond acceptors (Lipinski definition) is 3. The average molecular weight is 537 g/mol. The van der Waals surface area contributed by atoms with Crippen LogP contribution >= 0.6 is 35.6 Å². The third-order valence-corrected chi connectivity index (χ3v) is 5.69. The summed E-state index contributed by atoms with van der Waals surface area (Å²) in [5.74, 6) is 2.57. The molecule has 2 heterocycles. The van der Waals surface area contributed by atoms with Gasteiger partial charge >= 0.3 is 0 Å². The zero-order chi connectivity index (χ0) is 20.3. The topological polar surface area (TPSA) is 67.1 Å². The molecule has 158 valence electrons. The van der Waals surface area contributed by atoms with Crippen molar-refractivity contribution in [2.24, 2.45) is 4.99 Å². The molecule has 1 fully saturated rings. The number of aromatic nitrogens is 3. The van der Waals surface area contributed by atoms with Crippen molar-refractivity contribution in [2.75, 3.05) is 13.6 Å². The minimum Gasteiger partial charge on any atom is -0.356 e. The monoisotopic (exact) mass is 536 g/mol. The number of nitrogens with zero attached hydrogens (tertiary/aromatic N) is 4. The molecule has 8 heteroatoms. The quantitative estimate of drug-likeness (QED) is 0.281. The zero-order valence-corrected chi connectivity index (χ0v) is 20.2. The van der Waals surface area contributed by atoms with Crippen LogP contribution in [0.2, 0.25) is 5.02 Å². The van der Waals surface area contributed by atoms with Crippen LogP contribution in [0.25, 0.3) is 5.82 Å². The molecule has 0 amide bonds. The van der Waals surface area contributed by atoms with Gasteiger partial charge in [0.25, 0.3) is 0 Å². The van der Waals surface area contributed by atoms with E-state index in [4.69, 9.17) is 11.6 Å². The zero-order valence-electron chi connectivity index (χ0n) is 17.1. The van der Waals surface area contributed by atoms with Crippen LogP contribution in [-0.2, 0) is 12.0 Å². The summed E-state index contributed by atoms with van der Waals surface area (Å²) in [6, 6.07) is 12.2. The second-order valence-corrected chi connectivity index (χ2v) is 7.88. The summed E-state index contributed by atoms with van der Waals surface area (Å²) in [5.41, 5.74) is 2.54. The fourth-order valence-electron chi connectivity index (χ4n) is 3.48. The highest BCUT2D eigenvalue weighted by Crippen LogP contribution is 2.48. The summed E-state index contributed by atoms with van der Waals surface area (Å²) in [5, 5.41) is 7.62. The van der Waals surface area contributed by atoms with Crippen LogP contribution in [0.1, 0.15) is 29.8 Å². The fourth-order valence-corrected chi connectivity index (χ4v) is 3.67. The van der Waals surface area contributed by atoms with Crippen LogP contribution in [0.4, 0.5) is 0 Å². The molecule has 2 N–H and O–H groups in total. The summed E-state index contributed by atoms with van der Waals surface area (Å²) in [6.07, 6.45) is 7.89. The Balaban J connectivity index is 0.00000256. The van der Waals surface area contributed by atoms with E-state index in [0.717, 1.165) is 47.6 Å². The molecule has 1 aromatic carbocycles. The molecule has 1 aliphatic rings. The lowest BCUT2D eigenvalue weighted by atomic mass is 9.96. The first-order valence-corrected chi connectivity index (χ1v) is 10.1. The first-order chi connectivity index (χ1) is 14.1. The number of guanidine groups is 1. The molecule has 0 atom stereocenters. The Bertz CT molecular complexity index is 1010. The van der Waals surface area contributed by atoms with Gasteiger partial charge in [-0.2, -0.15) is 0 Å². The molecule has 0 aliphatic heterocycles. The van der Waals surface area contributed by atoms with Crippen LogP contribution in [-0.4, -0.2) is 34.1 Å². The molecule has 3 aromatic rings. The predicted molar refractivity (Wildman–Crippen MR) is 132 cm³/mol. The van der Waals surface area contributed by atoms with Gasteiger partial charge in [-0.1, -0.05) is 29.8 Å². The molecule has 0 spiro atoms. The van der Waals surface area contributed by atoms with Gasteiger partial charge < -0.3 is 10.6 Å². The van der Waals surface area contributed by atoms with Gasteiger partial charge in [0, 0.05) is 49.2 Å². The lowest BCUT2D eigenvalue weighted by Gasteiger charge is -2.19. The molecule has 6 nitrogen and oxygen atoms in total. The van der Waals surface area contributed by atoms with Crippen LogP contribution in [0.3, 0.4) is 0 Å². The molecule has 2 aromatic heterocycles. The highest BCUT2D eigenvalue weighted by molar-refractivity contribution is 14.0. The summed E-state index contributed by atoms with van der Waals surface area (Å²) < 4.78 is 1.96. The van der Waals surface area contributed by atoms with Crippen molar-refractivity contribution in [2.45, 2.75) is 31.7 Å². The standard InChI is InChI=1S/C22H25ClN6.HI/c1-16-25-10-11-29(16)20-7-6-17(13-26-20)14-27-21(24-2)28-15-22(8-9-22)18-4-3-5-19(23)12-18;/h3-7,10-13H,8-9,14-15H2,1-2H3,(H2,24,27,28);1H. The van der Waals surface area contributed by atoms with Crippen molar-refractivity contribution in [3.05, 3.63) is 77.0 Å². The van der Waals surface area contributed by atoms with Crippen molar-refractivity contribution >= 4 is 41.5 Å². The molecule has 1 saturated carbocycles.